The standard InChI is InChI=1S/C17H19N3O7/c1-17(2,3)26-16(23)18-8-7-12-13(15(21)22)14(19-27-12)10-5-4-6-11(9-10)20(24)25/h4-6,9H,7-8H2,1-3H3,(H,18,23)(H,21,22). The number of aromatic carboxylic acids is 1. The molecule has 0 bridgehead atoms. The Balaban J connectivity index is 2.18. The number of hydrogen-bond donors (Lipinski definition) is 2. The van der Waals surface area contributed by atoms with Crippen molar-refractivity contribution in [3.63, 3.8) is 0 Å². The summed E-state index contributed by atoms with van der Waals surface area (Å²) in [5.74, 6) is -1.25. The number of carbonyl (C=O) groups is 2. The third kappa shape index (κ3) is 5.27. The fraction of sp³-hybridized carbons (Fsp3) is 0.353. The molecule has 0 aliphatic carbocycles. The second-order valence-electron chi connectivity index (χ2n) is 6.62. The lowest BCUT2D eigenvalue weighted by atomic mass is 10.0. The largest absolute Gasteiger partial charge is 0.477 e. The number of benzene rings is 1. The van der Waals surface area contributed by atoms with Crippen LogP contribution in [0.5, 0.6) is 0 Å². The minimum absolute atomic E-state index is 0.0153. The first-order valence-electron chi connectivity index (χ1n) is 8.02. The van der Waals surface area contributed by atoms with E-state index >= 15 is 0 Å². The second-order valence-corrected chi connectivity index (χ2v) is 6.62. The maximum atomic E-state index is 11.6. The van der Waals surface area contributed by atoms with Crippen molar-refractivity contribution < 1.29 is 28.9 Å². The first kappa shape index (κ1) is 19.9. The third-order valence-corrected chi connectivity index (χ3v) is 3.33. The van der Waals surface area contributed by atoms with Gasteiger partial charge in [0.05, 0.1) is 4.92 Å². The fourth-order valence-electron chi connectivity index (χ4n) is 2.27. The normalized spacial score (nSPS) is 11.1. The highest BCUT2D eigenvalue weighted by atomic mass is 16.6. The SMILES string of the molecule is CC(C)(C)OC(=O)NCCc1onc(-c2cccc([N+](=O)[O-])c2)c1C(=O)O. The number of ether oxygens (including phenoxy) is 1. The van der Waals surface area contributed by atoms with Crippen molar-refractivity contribution in [3.8, 4) is 11.3 Å². The fourth-order valence-corrected chi connectivity index (χ4v) is 2.27. The molecule has 144 valence electrons. The predicted molar refractivity (Wildman–Crippen MR) is 93.5 cm³/mol. The first-order chi connectivity index (χ1) is 12.6. The zero-order valence-corrected chi connectivity index (χ0v) is 15.0. The van der Waals surface area contributed by atoms with Crippen LogP contribution in [0.15, 0.2) is 28.8 Å². The van der Waals surface area contributed by atoms with E-state index in [-0.39, 0.29) is 41.2 Å². The van der Waals surface area contributed by atoms with Gasteiger partial charge in [-0.3, -0.25) is 10.1 Å². The van der Waals surface area contributed by atoms with Gasteiger partial charge in [0.25, 0.3) is 5.69 Å². The summed E-state index contributed by atoms with van der Waals surface area (Å²) in [5.41, 5.74) is -0.825. The van der Waals surface area contributed by atoms with Crippen LogP contribution >= 0.6 is 0 Å². The van der Waals surface area contributed by atoms with Gasteiger partial charge in [-0.05, 0) is 20.8 Å². The monoisotopic (exact) mass is 377 g/mol. The third-order valence-electron chi connectivity index (χ3n) is 3.33. The van der Waals surface area contributed by atoms with E-state index in [4.69, 9.17) is 9.26 Å². The smallest absolute Gasteiger partial charge is 0.407 e. The molecule has 0 aliphatic rings. The summed E-state index contributed by atoms with van der Waals surface area (Å²) in [6, 6.07) is 5.43. The van der Waals surface area contributed by atoms with Crippen LogP contribution in [0.4, 0.5) is 10.5 Å². The zero-order valence-electron chi connectivity index (χ0n) is 15.0. The minimum Gasteiger partial charge on any atom is -0.477 e. The zero-order chi connectivity index (χ0) is 20.2. The Morgan fingerprint density at radius 2 is 2.07 bits per heavy atom. The van der Waals surface area contributed by atoms with E-state index in [2.05, 4.69) is 10.5 Å². The van der Waals surface area contributed by atoms with Crippen molar-refractivity contribution in [1.29, 1.82) is 0 Å². The molecule has 27 heavy (non-hydrogen) atoms. The molecule has 0 radical (unpaired) electrons. The second kappa shape index (κ2) is 7.85. The number of rotatable bonds is 6. The molecule has 2 N–H and O–H groups in total. The maximum Gasteiger partial charge on any atom is 0.407 e. The molecule has 0 fully saturated rings. The van der Waals surface area contributed by atoms with Crippen molar-refractivity contribution in [2.45, 2.75) is 32.8 Å². The molecular formula is C17H19N3O7. The quantitative estimate of drug-likeness (QED) is 0.577. The van der Waals surface area contributed by atoms with Crippen molar-refractivity contribution >= 4 is 17.7 Å². The number of hydrogen-bond acceptors (Lipinski definition) is 7. The molecule has 0 saturated heterocycles. The Bertz CT molecular complexity index is 868. The van der Waals surface area contributed by atoms with Gasteiger partial charge in [0.2, 0.25) is 0 Å². The topological polar surface area (TPSA) is 145 Å². The van der Waals surface area contributed by atoms with Crippen LogP contribution in [-0.4, -0.2) is 39.4 Å². The molecule has 0 saturated carbocycles. The van der Waals surface area contributed by atoms with E-state index in [9.17, 15) is 24.8 Å². The van der Waals surface area contributed by atoms with Gasteiger partial charge in [0.1, 0.15) is 16.9 Å². The summed E-state index contributed by atoms with van der Waals surface area (Å²) < 4.78 is 10.2. The molecule has 0 spiro atoms. The lowest BCUT2D eigenvalue weighted by Gasteiger charge is -2.19. The summed E-state index contributed by atoms with van der Waals surface area (Å²) >= 11 is 0. The molecule has 0 atom stereocenters. The Kier molecular flexibility index (Phi) is 5.78. The summed E-state index contributed by atoms with van der Waals surface area (Å²) in [6.07, 6.45) is -0.583. The summed E-state index contributed by atoms with van der Waals surface area (Å²) in [7, 11) is 0. The average Bonchev–Trinajstić information content (AvgIpc) is 2.97. The van der Waals surface area contributed by atoms with Crippen LogP contribution in [-0.2, 0) is 11.2 Å². The van der Waals surface area contributed by atoms with E-state index in [1.165, 1.54) is 24.3 Å². The minimum atomic E-state index is -1.29. The average molecular weight is 377 g/mol. The van der Waals surface area contributed by atoms with Gasteiger partial charge in [-0.15, -0.1) is 0 Å². The number of amides is 1. The Hall–Kier alpha value is -3.43. The Labute approximate surface area is 154 Å². The van der Waals surface area contributed by atoms with E-state index in [0.717, 1.165) is 0 Å². The van der Waals surface area contributed by atoms with Gasteiger partial charge in [0.15, 0.2) is 5.76 Å². The van der Waals surface area contributed by atoms with E-state index in [1.807, 2.05) is 0 Å². The number of nitro benzene ring substituents is 1. The van der Waals surface area contributed by atoms with Gasteiger partial charge in [-0.2, -0.15) is 0 Å². The lowest BCUT2D eigenvalue weighted by Crippen LogP contribution is -2.33. The number of carboxylic acid groups (broad SMARTS) is 1. The molecule has 2 aromatic rings. The summed E-state index contributed by atoms with van der Waals surface area (Å²) in [5, 5.41) is 26.6. The van der Waals surface area contributed by atoms with E-state index in [1.54, 1.807) is 20.8 Å². The molecule has 0 aliphatic heterocycles. The molecule has 2 rings (SSSR count). The maximum absolute atomic E-state index is 11.6. The Morgan fingerprint density at radius 1 is 1.37 bits per heavy atom. The van der Waals surface area contributed by atoms with Gasteiger partial charge in [-0.1, -0.05) is 17.3 Å². The molecule has 1 aromatic carbocycles. The number of nitrogens with zero attached hydrogens (tertiary/aromatic N) is 2. The van der Waals surface area contributed by atoms with E-state index < -0.39 is 22.6 Å². The number of carbonyl (C=O) groups excluding carboxylic acids is 1. The lowest BCUT2D eigenvalue weighted by molar-refractivity contribution is -0.384. The highest BCUT2D eigenvalue weighted by molar-refractivity contribution is 5.96. The van der Waals surface area contributed by atoms with Crippen LogP contribution in [0, 0.1) is 10.1 Å². The number of nitro groups is 1. The molecule has 10 nitrogen and oxygen atoms in total. The van der Waals surface area contributed by atoms with Crippen LogP contribution < -0.4 is 5.32 Å². The highest BCUT2D eigenvalue weighted by Gasteiger charge is 2.25. The number of alkyl carbamates (subject to hydrolysis) is 1. The number of aromatic nitrogens is 1. The molecular weight excluding hydrogens is 358 g/mol. The Morgan fingerprint density at radius 3 is 2.67 bits per heavy atom. The van der Waals surface area contributed by atoms with Crippen LogP contribution in [0.25, 0.3) is 11.3 Å². The van der Waals surface area contributed by atoms with E-state index in [0.29, 0.717) is 0 Å². The number of carboxylic acids is 1. The first-order valence-corrected chi connectivity index (χ1v) is 8.02. The summed E-state index contributed by atoms with van der Waals surface area (Å²) in [4.78, 5) is 33.6. The molecule has 1 heterocycles. The molecule has 0 unspecified atom stereocenters. The van der Waals surface area contributed by atoms with Crippen LogP contribution in [0.2, 0.25) is 0 Å². The van der Waals surface area contributed by atoms with Gasteiger partial charge >= 0.3 is 12.1 Å². The van der Waals surface area contributed by atoms with Gasteiger partial charge < -0.3 is 19.7 Å². The van der Waals surface area contributed by atoms with Crippen LogP contribution in [0.3, 0.4) is 0 Å². The van der Waals surface area contributed by atoms with Crippen molar-refractivity contribution in [3.05, 3.63) is 45.7 Å². The van der Waals surface area contributed by atoms with Crippen molar-refractivity contribution in [2.75, 3.05) is 6.54 Å². The summed E-state index contributed by atoms with van der Waals surface area (Å²) in [6.45, 7) is 5.23. The van der Waals surface area contributed by atoms with Gasteiger partial charge in [-0.25, -0.2) is 9.59 Å². The van der Waals surface area contributed by atoms with Gasteiger partial charge in [0, 0.05) is 30.7 Å². The predicted octanol–water partition coefficient (Wildman–Crippen LogP) is 3.02. The molecule has 1 amide bonds. The highest BCUT2D eigenvalue weighted by Crippen LogP contribution is 2.28. The molecule has 1 aromatic heterocycles. The van der Waals surface area contributed by atoms with Crippen molar-refractivity contribution in [2.24, 2.45) is 0 Å². The number of nitrogens with one attached hydrogen (secondary N) is 1. The molecule has 10 heteroatoms. The van der Waals surface area contributed by atoms with Crippen LogP contribution in [0.1, 0.15) is 36.9 Å². The van der Waals surface area contributed by atoms with Crippen molar-refractivity contribution in [1.82, 2.24) is 10.5 Å². The number of non-ortho nitro benzene ring substituents is 1.